The molecule has 0 bridgehead atoms. The van der Waals surface area contributed by atoms with Crippen molar-refractivity contribution in [1.82, 2.24) is 9.80 Å². The van der Waals surface area contributed by atoms with Crippen LogP contribution in [0, 0.1) is 0 Å². The van der Waals surface area contributed by atoms with Gasteiger partial charge in [-0.1, -0.05) is 0 Å². The molecule has 3 aliphatic rings. The Kier molecular flexibility index (Phi) is 4.37. The van der Waals surface area contributed by atoms with Gasteiger partial charge in [0.1, 0.15) is 0 Å². The highest BCUT2D eigenvalue weighted by molar-refractivity contribution is 7.14. The maximum atomic E-state index is 13.3. The van der Waals surface area contributed by atoms with Crippen LogP contribution in [0.3, 0.4) is 0 Å². The van der Waals surface area contributed by atoms with Crippen LogP contribution in [-0.4, -0.2) is 61.5 Å². The Labute approximate surface area is 150 Å². The van der Waals surface area contributed by atoms with Gasteiger partial charge >= 0.3 is 0 Å². The van der Waals surface area contributed by atoms with Gasteiger partial charge in [-0.3, -0.25) is 4.79 Å². The third-order valence-corrected chi connectivity index (χ3v) is 6.98. The first-order valence-corrected chi connectivity index (χ1v) is 9.83. The van der Waals surface area contributed by atoms with Gasteiger partial charge in [0, 0.05) is 50.3 Å². The van der Waals surface area contributed by atoms with E-state index in [-0.39, 0.29) is 37.4 Å². The van der Waals surface area contributed by atoms with Crippen molar-refractivity contribution in [2.24, 2.45) is 0 Å². The van der Waals surface area contributed by atoms with E-state index >= 15 is 0 Å². The molecule has 2 saturated heterocycles. The van der Waals surface area contributed by atoms with Crippen molar-refractivity contribution in [2.45, 2.75) is 43.6 Å². The number of piperidine rings is 2. The van der Waals surface area contributed by atoms with Gasteiger partial charge in [0.2, 0.25) is 0 Å². The number of alkyl halides is 2. The summed E-state index contributed by atoms with van der Waals surface area (Å²) in [5.41, 5.74) is 0.909. The minimum atomic E-state index is -2.63. The molecule has 0 N–H and O–H groups in total. The molecule has 0 radical (unpaired) electrons. The SMILES string of the molecule is CN1CCC2(CC1)OCCc1sc(C(=O)N3CCC(F)(F)CC3)cc12. The summed E-state index contributed by atoms with van der Waals surface area (Å²) in [5, 5.41) is 0. The van der Waals surface area contributed by atoms with Gasteiger partial charge < -0.3 is 14.5 Å². The van der Waals surface area contributed by atoms with Crippen LogP contribution in [0.5, 0.6) is 0 Å². The van der Waals surface area contributed by atoms with Crippen LogP contribution >= 0.6 is 11.3 Å². The zero-order valence-electron chi connectivity index (χ0n) is 14.5. The maximum absolute atomic E-state index is 13.3. The first-order chi connectivity index (χ1) is 11.9. The molecule has 4 nitrogen and oxygen atoms in total. The molecule has 0 aromatic carbocycles. The molecule has 138 valence electrons. The summed E-state index contributed by atoms with van der Waals surface area (Å²) in [6, 6.07) is 1.99. The lowest BCUT2D eigenvalue weighted by Gasteiger charge is -2.43. The summed E-state index contributed by atoms with van der Waals surface area (Å²) in [5.74, 6) is -2.73. The zero-order chi connectivity index (χ0) is 17.7. The number of carbonyl (C=O) groups excluding carboxylic acids is 1. The van der Waals surface area contributed by atoms with E-state index in [0.29, 0.717) is 11.5 Å². The number of thiophene rings is 1. The largest absolute Gasteiger partial charge is 0.370 e. The van der Waals surface area contributed by atoms with Crippen LogP contribution in [0.15, 0.2) is 6.07 Å². The van der Waals surface area contributed by atoms with Crippen LogP contribution < -0.4 is 0 Å². The highest BCUT2D eigenvalue weighted by Gasteiger charge is 2.42. The van der Waals surface area contributed by atoms with Crippen molar-refractivity contribution < 1.29 is 18.3 Å². The number of ether oxygens (including phenoxy) is 1. The Hall–Kier alpha value is -1.05. The average molecular weight is 370 g/mol. The molecule has 4 heterocycles. The van der Waals surface area contributed by atoms with Crippen LogP contribution in [0.4, 0.5) is 8.78 Å². The van der Waals surface area contributed by atoms with Crippen LogP contribution in [0.2, 0.25) is 0 Å². The van der Waals surface area contributed by atoms with Crippen LogP contribution in [0.25, 0.3) is 0 Å². The Bertz CT molecular complexity index is 658. The summed E-state index contributed by atoms with van der Waals surface area (Å²) in [7, 11) is 2.12. The zero-order valence-corrected chi connectivity index (χ0v) is 15.3. The minimum absolute atomic E-state index is 0.0991. The predicted molar refractivity (Wildman–Crippen MR) is 92.5 cm³/mol. The molecule has 0 aliphatic carbocycles. The van der Waals surface area contributed by atoms with Crippen molar-refractivity contribution in [3.63, 3.8) is 0 Å². The second kappa shape index (κ2) is 6.28. The van der Waals surface area contributed by atoms with Gasteiger partial charge in [0.25, 0.3) is 11.8 Å². The molecule has 2 fully saturated rings. The molecular weight excluding hydrogens is 346 g/mol. The molecule has 4 rings (SSSR count). The second-order valence-corrected chi connectivity index (χ2v) is 8.63. The van der Waals surface area contributed by atoms with E-state index < -0.39 is 5.92 Å². The number of amides is 1. The molecule has 0 unspecified atom stereocenters. The Balaban J connectivity index is 1.55. The maximum Gasteiger partial charge on any atom is 0.263 e. The lowest BCUT2D eigenvalue weighted by molar-refractivity contribution is -0.0942. The van der Waals surface area contributed by atoms with Gasteiger partial charge in [-0.05, 0) is 31.5 Å². The van der Waals surface area contributed by atoms with E-state index in [1.807, 2.05) is 6.07 Å². The van der Waals surface area contributed by atoms with Crippen LogP contribution in [-0.2, 0) is 16.8 Å². The van der Waals surface area contributed by atoms with E-state index in [9.17, 15) is 13.6 Å². The normalized spacial score (nSPS) is 25.8. The fourth-order valence-electron chi connectivity index (χ4n) is 4.11. The van der Waals surface area contributed by atoms with Crippen molar-refractivity contribution >= 4 is 17.2 Å². The second-order valence-electron chi connectivity index (χ2n) is 7.49. The molecule has 0 atom stereocenters. The minimum Gasteiger partial charge on any atom is -0.370 e. The summed E-state index contributed by atoms with van der Waals surface area (Å²) >= 11 is 1.53. The lowest BCUT2D eigenvalue weighted by atomic mass is 9.82. The summed E-state index contributed by atoms with van der Waals surface area (Å²) in [4.78, 5) is 18.6. The quantitative estimate of drug-likeness (QED) is 0.762. The first-order valence-electron chi connectivity index (χ1n) is 9.01. The van der Waals surface area contributed by atoms with Crippen molar-refractivity contribution in [3.05, 3.63) is 21.4 Å². The van der Waals surface area contributed by atoms with Gasteiger partial charge in [-0.2, -0.15) is 0 Å². The van der Waals surface area contributed by atoms with E-state index in [1.54, 1.807) is 4.90 Å². The highest BCUT2D eigenvalue weighted by Crippen LogP contribution is 2.44. The van der Waals surface area contributed by atoms with Crippen molar-refractivity contribution in [1.29, 1.82) is 0 Å². The standard InChI is InChI=1S/C18H24F2N2O2S/c1-21-7-3-17(4-8-21)13-12-15(25-14(13)2-11-24-17)16(23)22-9-5-18(19,20)6-10-22/h12H,2-11H2,1H3. The third kappa shape index (κ3) is 3.22. The number of hydrogen-bond donors (Lipinski definition) is 0. The lowest BCUT2D eigenvalue weighted by Crippen LogP contribution is -2.45. The number of halogens is 2. The molecule has 1 spiro atoms. The monoisotopic (exact) mass is 370 g/mol. The predicted octanol–water partition coefficient (Wildman–Crippen LogP) is 3.11. The average Bonchev–Trinajstić information content (AvgIpc) is 3.03. The van der Waals surface area contributed by atoms with E-state index in [0.717, 1.165) is 32.4 Å². The van der Waals surface area contributed by atoms with Crippen molar-refractivity contribution in [2.75, 3.05) is 39.8 Å². The fraction of sp³-hybridized carbons (Fsp3) is 0.722. The van der Waals surface area contributed by atoms with Gasteiger partial charge in [0.15, 0.2) is 0 Å². The number of likely N-dealkylation sites (tertiary alicyclic amines) is 2. The molecule has 0 saturated carbocycles. The van der Waals surface area contributed by atoms with Crippen LogP contribution in [0.1, 0.15) is 45.8 Å². The molecular formula is C18H24F2N2O2S. The summed E-state index contributed by atoms with van der Waals surface area (Å²) in [6.45, 7) is 2.95. The van der Waals surface area contributed by atoms with Crippen molar-refractivity contribution in [3.8, 4) is 0 Å². The Morgan fingerprint density at radius 3 is 2.52 bits per heavy atom. The molecule has 3 aliphatic heterocycles. The third-order valence-electron chi connectivity index (χ3n) is 5.80. The van der Waals surface area contributed by atoms with Gasteiger partial charge in [-0.15, -0.1) is 11.3 Å². The number of rotatable bonds is 1. The number of nitrogens with zero attached hydrogens (tertiary/aromatic N) is 2. The molecule has 7 heteroatoms. The number of fused-ring (bicyclic) bond motifs is 2. The highest BCUT2D eigenvalue weighted by atomic mass is 32.1. The summed E-state index contributed by atoms with van der Waals surface area (Å²) < 4.78 is 32.9. The first kappa shape index (κ1) is 17.4. The molecule has 25 heavy (non-hydrogen) atoms. The van der Waals surface area contributed by atoms with E-state index in [1.165, 1.54) is 21.8 Å². The summed E-state index contributed by atoms with van der Waals surface area (Å²) in [6.07, 6.45) is 2.25. The van der Waals surface area contributed by atoms with Gasteiger partial charge in [-0.25, -0.2) is 8.78 Å². The molecule has 1 aromatic rings. The smallest absolute Gasteiger partial charge is 0.263 e. The Morgan fingerprint density at radius 1 is 1.16 bits per heavy atom. The molecule has 1 amide bonds. The van der Waals surface area contributed by atoms with E-state index in [4.69, 9.17) is 4.74 Å². The number of carbonyl (C=O) groups is 1. The number of hydrogen-bond acceptors (Lipinski definition) is 4. The van der Waals surface area contributed by atoms with Gasteiger partial charge in [0.05, 0.1) is 17.1 Å². The topological polar surface area (TPSA) is 32.8 Å². The molecule has 1 aromatic heterocycles. The Morgan fingerprint density at radius 2 is 1.84 bits per heavy atom. The van der Waals surface area contributed by atoms with E-state index in [2.05, 4.69) is 11.9 Å². The fourth-order valence-corrected chi connectivity index (χ4v) is 5.31.